The van der Waals surface area contributed by atoms with Crippen molar-refractivity contribution >= 4 is 8.07 Å². The SMILES string of the molecule is CC(/C=C(/O)OCc1ccccc1)[Si](C)(C)C. The highest BCUT2D eigenvalue weighted by Crippen LogP contribution is 2.23. The average Bonchev–Trinajstić information content (AvgIpc) is 2.26. The normalized spacial score (nSPS) is 14.5. The van der Waals surface area contributed by atoms with E-state index in [1.165, 1.54) is 0 Å². The smallest absolute Gasteiger partial charge is 0.272 e. The second-order valence-electron chi connectivity index (χ2n) is 5.43. The summed E-state index contributed by atoms with van der Waals surface area (Å²) < 4.78 is 5.33. The Hall–Kier alpha value is -1.22. The van der Waals surface area contributed by atoms with Gasteiger partial charge in [-0.2, -0.15) is 0 Å². The zero-order valence-electron chi connectivity index (χ0n) is 11.1. The summed E-state index contributed by atoms with van der Waals surface area (Å²) in [5.74, 6) is 0.0452. The lowest BCUT2D eigenvalue weighted by Crippen LogP contribution is -2.25. The van der Waals surface area contributed by atoms with Crippen LogP contribution in [0, 0.1) is 0 Å². The maximum absolute atomic E-state index is 9.71. The minimum atomic E-state index is -1.25. The second kappa shape index (κ2) is 5.91. The van der Waals surface area contributed by atoms with Gasteiger partial charge in [0.15, 0.2) is 0 Å². The van der Waals surface area contributed by atoms with Crippen molar-refractivity contribution in [1.29, 1.82) is 0 Å². The highest BCUT2D eigenvalue weighted by atomic mass is 28.3. The molecule has 0 heterocycles. The van der Waals surface area contributed by atoms with E-state index >= 15 is 0 Å². The van der Waals surface area contributed by atoms with E-state index in [2.05, 4.69) is 26.6 Å². The highest BCUT2D eigenvalue weighted by Gasteiger charge is 2.21. The van der Waals surface area contributed by atoms with Crippen molar-refractivity contribution in [3.63, 3.8) is 0 Å². The average molecular weight is 250 g/mol. The first-order chi connectivity index (χ1) is 7.89. The Morgan fingerprint density at radius 2 is 1.88 bits per heavy atom. The first kappa shape index (κ1) is 13.8. The molecule has 0 saturated carbocycles. The minimum absolute atomic E-state index is 0.0452. The van der Waals surface area contributed by atoms with Gasteiger partial charge in [0.2, 0.25) is 0 Å². The molecule has 94 valence electrons. The van der Waals surface area contributed by atoms with Gasteiger partial charge in [-0.1, -0.05) is 56.9 Å². The van der Waals surface area contributed by atoms with Crippen LogP contribution in [0.15, 0.2) is 42.4 Å². The van der Waals surface area contributed by atoms with E-state index in [4.69, 9.17) is 4.74 Å². The number of benzene rings is 1. The zero-order chi connectivity index (χ0) is 12.9. The van der Waals surface area contributed by atoms with E-state index in [1.807, 2.05) is 36.4 Å². The van der Waals surface area contributed by atoms with Crippen molar-refractivity contribution in [2.45, 2.75) is 38.7 Å². The summed E-state index contributed by atoms with van der Waals surface area (Å²) in [6.45, 7) is 9.38. The van der Waals surface area contributed by atoms with Crippen LogP contribution in [0.4, 0.5) is 0 Å². The molecule has 3 heteroatoms. The van der Waals surface area contributed by atoms with Gasteiger partial charge in [0, 0.05) is 0 Å². The van der Waals surface area contributed by atoms with E-state index < -0.39 is 8.07 Å². The third-order valence-corrected chi connectivity index (χ3v) is 5.89. The molecule has 0 saturated heterocycles. The first-order valence-corrected chi connectivity index (χ1v) is 9.55. The van der Waals surface area contributed by atoms with Crippen LogP contribution in [-0.2, 0) is 11.3 Å². The molecule has 0 amide bonds. The fourth-order valence-corrected chi connectivity index (χ4v) is 1.89. The van der Waals surface area contributed by atoms with E-state index in [9.17, 15) is 5.11 Å². The maximum Gasteiger partial charge on any atom is 0.272 e. The Morgan fingerprint density at radius 1 is 1.29 bits per heavy atom. The van der Waals surface area contributed by atoms with E-state index in [1.54, 1.807) is 0 Å². The molecular weight excluding hydrogens is 228 g/mol. The fraction of sp³-hybridized carbons (Fsp3) is 0.429. The molecule has 1 N–H and O–H groups in total. The Labute approximate surface area is 105 Å². The second-order valence-corrected chi connectivity index (χ2v) is 11.1. The van der Waals surface area contributed by atoms with Crippen LogP contribution < -0.4 is 0 Å². The van der Waals surface area contributed by atoms with Crippen molar-refractivity contribution in [3.8, 4) is 0 Å². The molecule has 1 unspecified atom stereocenters. The summed E-state index contributed by atoms with van der Waals surface area (Å²) in [4.78, 5) is 0. The van der Waals surface area contributed by atoms with E-state index in [-0.39, 0.29) is 5.95 Å². The fourth-order valence-electron chi connectivity index (χ4n) is 1.24. The number of aliphatic hydroxyl groups excluding tert-OH is 1. The van der Waals surface area contributed by atoms with Gasteiger partial charge in [-0.25, -0.2) is 0 Å². The molecule has 0 bridgehead atoms. The summed E-state index contributed by atoms with van der Waals surface area (Å²) in [5, 5.41) is 9.71. The molecule has 17 heavy (non-hydrogen) atoms. The predicted molar refractivity (Wildman–Crippen MR) is 74.7 cm³/mol. The van der Waals surface area contributed by atoms with Gasteiger partial charge >= 0.3 is 0 Å². The van der Waals surface area contributed by atoms with Crippen LogP contribution in [-0.4, -0.2) is 13.2 Å². The van der Waals surface area contributed by atoms with Crippen LogP contribution in [0.5, 0.6) is 0 Å². The van der Waals surface area contributed by atoms with Crippen molar-refractivity contribution in [3.05, 3.63) is 47.9 Å². The molecule has 0 aliphatic carbocycles. The number of ether oxygens (including phenoxy) is 1. The van der Waals surface area contributed by atoms with Gasteiger partial charge in [-0.05, 0) is 17.2 Å². The molecule has 2 nitrogen and oxygen atoms in total. The molecule has 0 spiro atoms. The number of aliphatic hydroxyl groups is 1. The van der Waals surface area contributed by atoms with Crippen LogP contribution >= 0.6 is 0 Å². The Bertz CT molecular complexity index is 366. The molecule has 1 rings (SSSR count). The number of allylic oxidation sites excluding steroid dienone is 1. The third-order valence-electron chi connectivity index (χ3n) is 2.99. The molecule has 0 aromatic heterocycles. The van der Waals surface area contributed by atoms with Gasteiger partial charge in [0.05, 0.1) is 8.07 Å². The monoisotopic (exact) mass is 250 g/mol. The first-order valence-electron chi connectivity index (χ1n) is 5.97. The summed E-state index contributed by atoms with van der Waals surface area (Å²) in [5.41, 5.74) is 1.46. The van der Waals surface area contributed by atoms with Crippen LogP contribution in [0.3, 0.4) is 0 Å². The van der Waals surface area contributed by atoms with E-state index in [0.29, 0.717) is 12.1 Å². The number of hydrogen-bond acceptors (Lipinski definition) is 2. The summed E-state index contributed by atoms with van der Waals surface area (Å²) >= 11 is 0. The quantitative estimate of drug-likeness (QED) is 0.622. The van der Waals surface area contributed by atoms with E-state index in [0.717, 1.165) is 5.56 Å². The standard InChI is InChI=1S/C14H22O2Si/c1-12(17(2,3)4)10-14(15)16-11-13-8-6-5-7-9-13/h5-10,12,15H,11H2,1-4H3/b14-10-. The van der Waals surface area contributed by atoms with Crippen molar-refractivity contribution < 1.29 is 9.84 Å². The van der Waals surface area contributed by atoms with Crippen molar-refractivity contribution in [1.82, 2.24) is 0 Å². The van der Waals surface area contributed by atoms with Gasteiger partial charge in [-0.15, -0.1) is 0 Å². The van der Waals surface area contributed by atoms with Gasteiger partial charge in [0.1, 0.15) is 6.61 Å². The molecule has 0 aliphatic heterocycles. The molecular formula is C14H22O2Si. The third kappa shape index (κ3) is 5.09. The maximum atomic E-state index is 9.71. The number of rotatable bonds is 5. The van der Waals surface area contributed by atoms with Crippen molar-refractivity contribution in [2.75, 3.05) is 0 Å². The van der Waals surface area contributed by atoms with Crippen LogP contribution in [0.1, 0.15) is 12.5 Å². The topological polar surface area (TPSA) is 29.5 Å². The molecule has 1 atom stereocenters. The predicted octanol–water partition coefficient (Wildman–Crippen LogP) is 4.33. The Balaban J connectivity index is 2.50. The molecule has 1 aromatic carbocycles. The Morgan fingerprint density at radius 3 is 2.41 bits per heavy atom. The zero-order valence-corrected chi connectivity index (χ0v) is 12.1. The molecule has 0 fully saturated rings. The number of hydrogen-bond donors (Lipinski definition) is 1. The molecule has 0 aliphatic rings. The van der Waals surface area contributed by atoms with Gasteiger partial charge in [0.25, 0.3) is 5.95 Å². The highest BCUT2D eigenvalue weighted by molar-refractivity contribution is 6.77. The summed E-state index contributed by atoms with van der Waals surface area (Å²) in [6.07, 6.45) is 1.83. The molecule has 0 radical (unpaired) electrons. The minimum Gasteiger partial charge on any atom is -0.481 e. The van der Waals surface area contributed by atoms with Crippen molar-refractivity contribution in [2.24, 2.45) is 0 Å². The van der Waals surface area contributed by atoms with Gasteiger partial charge < -0.3 is 9.84 Å². The largest absolute Gasteiger partial charge is 0.481 e. The van der Waals surface area contributed by atoms with Gasteiger partial charge in [-0.3, -0.25) is 0 Å². The van der Waals surface area contributed by atoms with Crippen LogP contribution in [0.25, 0.3) is 0 Å². The van der Waals surface area contributed by atoms with Crippen LogP contribution in [0.2, 0.25) is 25.2 Å². The lowest BCUT2D eigenvalue weighted by Gasteiger charge is -2.21. The lowest BCUT2D eigenvalue weighted by atomic mass is 10.2. The summed E-state index contributed by atoms with van der Waals surface area (Å²) in [6, 6.07) is 9.85. The lowest BCUT2D eigenvalue weighted by molar-refractivity contribution is 0.0815. The Kier molecular flexibility index (Phi) is 4.81. The molecule has 1 aromatic rings. The summed E-state index contributed by atoms with van der Waals surface area (Å²) in [7, 11) is -1.25.